The molecule has 1 aromatic rings. The van der Waals surface area contributed by atoms with Gasteiger partial charge in [0.25, 0.3) is 0 Å². The van der Waals surface area contributed by atoms with E-state index in [0.717, 1.165) is 18.8 Å². The van der Waals surface area contributed by atoms with E-state index < -0.39 is 0 Å². The molecule has 0 atom stereocenters. The summed E-state index contributed by atoms with van der Waals surface area (Å²) in [6.07, 6.45) is 0. The van der Waals surface area contributed by atoms with Crippen LogP contribution >= 0.6 is 0 Å². The molecule has 0 saturated carbocycles. The fraction of sp³-hybridized carbons (Fsp3) is 0.364. The molecule has 14 heavy (non-hydrogen) atoms. The van der Waals surface area contributed by atoms with Crippen molar-refractivity contribution < 1.29 is 4.79 Å². The molecule has 2 rings (SSSR count). The van der Waals surface area contributed by atoms with Crippen molar-refractivity contribution in [2.75, 3.05) is 12.4 Å². The second-order valence-corrected chi connectivity index (χ2v) is 3.84. The van der Waals surface area contributed by atoms with Gasteiger partial charge in [0.15, 0.2) is 0 Å². The fourth-order valence-electron chi connectivity index (χ4n) is 1.85. The third kappa shape index (κ3) is 1.77. The van der Waals surface area contributed by atoms with Crippen LogP contribution in [0.3, 0.4) is 0 Å². The summed E-state index contributed by atoms with van der Waals surface area (Å²) in [5.74, 6) is -0.0173. The highest BCUT2D eigenvalue weighted by Crippen LogP contribution is 2.24. The number of amides is 1. The van der Waals surface area contributed by atoms with Gasteiger partial charge in [-0.3, -0.25) is 9.69 Å². The molecule has 3 heteroatoms. The fourth-order valence-corrected chi connectivity index (χ4v) is 1.85. The van der Waals surface area contributed by atoms with Crippen molar-refractivity contribution in [3.8, 4) is 0 Å². The lowest BCUT2D eigenvalue weighted by molar-refractivity contribution is -0.114. The maximum atomic E-state index is 10.9. The molecule has 0 aliphatic carbocycles. The largest absolute Gasteiger partial charge is 0.326 e. The third-order valence-corrected chi connectivity index (χ3v) is 2.41. The van der Waals surface area contributed by atoms with Gasteiger partial charge in [0, 0.05) is 25.7 Å². The van der Waals surface area contributed by atoms with Crippen LogP contribution in [-0.4, -0.2) is 17.9 Å². The number of nitrogens with zero attached hydrogens (tertiary/aromatic N) is 1. The van der Waals surface area contributed by atoms with E-state index in [2.05, 4.69) is 29.4 Å². The molecule has 0 bridgehead atoms. The van der Waals surface area contributed by atoms with E-state index in [1.807, 2.05) is 6.07 Å². The Bertz CT molecular complexity index is 374. The summed E-state index contributed by atoms with van der Waals surface area (Å²) in [5, 5.41) is 2.79. The SMILES string of the molecule is CC(=O)Nc1ccc2c(c1)CN(C)C2. The van der Waals surface area contributed by atoms with E-state index in [1.165, 1.54) is 18.1 Å². The molecule has 1 heterocycles. The minimum atomic E-state index is -0.0173. The highest BCUT2D eigenvalue weighted by Gasteiger charge is 2.15. The number of hydrogen-bond acceptors (Lipinski definition) is 2. The van der Waals surface area contributed by atoms with Crippen LogP contribution in [0.15, 0.2) is 18.2 Å². The quantitative estimate of drug-likeness (QED) is 0.729. The van der Waals surface area contributed by atoms with Gasteiger partial charge in [0.2, 0.25) is 5.91 Å². The Morgan fingerprint density at radius 3 is 2.79 bits per heavy atom. The summed E-state index contributed by atoms with van der Waals surface area (Å²) < 4.78 is 0. The molecule has 1 aliphatic heterocycles. The molecule has 0 fully saturated rings. The Kier molecular flexibility index (Phi) is 2.25. The minimum absolute atomic E-state index is 0.0173. The first-order valence-electron chi connectivity index (χ1n) is 4.73. The normalized spacial score (nSPS) is 15.3. The number of rotatable bonds is 1. The van der Waals surface area contributed by atoms with E-state index in [1.54, 1.807) is 0 Å². The van der Waals surface area contributed by atoms with Crippen LogP contribution in [0.5, 0.6) is 0 Å². The Labute approximate surface area is 83.7 Å². The summed E-state index contributed by atoms with van der Waals surface area (Å²) in [4.78, 5) is 13.1. The predicted octanol–water partition coefficient (Wildman–Crippen LogP) is 1.59. The Morgan fingerprint density at radius 2 is 2.07 bits per heavy atom. The van der Waals surface area contributed by atoms with E-state index in [-0.39, 0.29) is 5.91 Å². The number of carbonyl (C=O) groups is 1. The van der Waals surface area contributed by atoms with Gasteiger partial charge >= 0.3 is 0 Å². The number of hydrogen-bond donors (Lipinski definition) is 1. The average Bonchev–Trinajstić information content (AvgIpc) is 2.42. The van der Waals surface area contributed by atoms with Crippen LogP contribution in [0.4, 0.5) is 5.69 Å². The van der Waals surface area contributed by atoms with Crippen LogP contribution in [0.25, 0.3) is 0 Å². The summed E-state index contributed by atoms with van der Waals surface area (Å²) in [6, 6.07) is 6.10. The number of fused-ring (bicyclic) bond motifs is 1. The zero-order valence-electron chi connectivity index (χ0n) is 8.50. The first-order chi connectivity index (χ1) is 6.65. The van der Waals surface area contributed by atoms with Gasteiger partial charge < -0.3 is 5.32 Å². The Hall–Kier alpha value is -1.35. The molecule has 3 nitrogen and oxygen atoms in total. The molecule has 0 spiro atoms. The minimum Gasteiger partial charge on any atom is -0.326 e. The van der Waals surface area contributed by atoms with Crippen molar-refractivity contribution in [3.63, 3.8) is 0 Å². The van der Waals surface area contributed by atoms with Crippen molar-refractivity contribution in [1.29, 1.82) is 0 Å². The van der Waals surface area contributed by atoms with E-state index >= 15 is 0 Å². The van der Waals surface area contributed by atoms with Crippen molar-refractivity contribution in [2.45, 2.75) is 20.0 Å². The zero-order chi connectivity index (χ0) is 10.1. The highest BCUT2D eigenvalue weighted by atomic mass is 16.1. The molecule has 0 aromatic heterocycles. The molecule has 1 amide bonds. The lowest BCUT2D eigenvalue weighted by Crippen LogP contribution is -2.07. The standard InChI is InChI=1S/C11H14N2O/c1-8(14)12-11-4-3-9-6-13(2)7-10(9)5-11/h3-5H,6-7H2,1-2H3,(H,12,14). The first-order valence-corrected chi connectivity index (χ1v) is 4.73. The van der Waals surface area contributed by atoms with E-state index in [0.29, 0.717) is 0 Å². The Morgan fingerprint density at radius 1 is 1.36 bits per heavy atom. The summed E-state index contributed by atoms with van der Waals surface area (Å²) >= 11 is 0. The van der Waals surface area contributed by atoms with Crippen LogP contribution in [-0.2, 0) is 17.9 Å². The zero-order valence-corrected chi connectivity index (χ0v) is 8.50. The monoisotopic (exact) mass is 190 g/mol. The number of nitrogens with one attached hydrogen (secondary N) is 1. The van der Waals surface area contributed by atoms with Crippen LogP contribution in [0, 0.1) is 0 Å². The highest BCUT2D eigenvalue weighted by molar-refractivity contribution is 5.88. The van der Waals surface area contributed by atoms with Crippen LogP contribution < -0.4 is 5.32 Å². The lowest BCUT2D eigenvalue weighted by atomic mass is 10.1. The average molecular weight is 190 g/mol. The maximum Gasteiger partial charge on any atom is 0.221 e. The van der Waals surface area contributed by atoms with Crippen molar-refractivity contribution >= 4 is 11.6 Å². The molecule has 0 unspecified atom stereocenters. The van der Waals surface area contributed by atoms with Gasteiger partial charge in [0.1, 0.15) is 0 Å². The van der Waals surface area contributed by atoms with Gasteiger partial charge in [-0.25, -0.2) is 0 Å². The van der Waals surface area contributed by atoms with Gasteiger partial charge in [-0.15, -0.1) is 0 Å². The second kappa shape index (κ2) is 3.42. The molecular formula is C11H14N2O. The smallest absolute Gasteiger partial charge is 0.221 e. The van der Waals surface area contributed by atoms with Crippen molar-refractivity contribution in [1.82, 2.24) is 4.90 Å². The molecule has 0 radical (unpaired) electrons. The van der Waals surface area contributed by atoms with Crippen LogP contribution in [0.1, 0.15) is 18.1 Å². The topological polar surface area (TPSA) is 32.3 Å². The number of carbonyl (C=O) groups excluding carboxylic acids is 1. The lowest BCUT2D eigenvalue weighted by Gasteiger charge is -2.04. The van der Waals surface area contributed by atoms with Gasteiger partial charge in [0.05, 0.1) is 0 Å². The molecule has 1 aliphatic rings. The van der Waals surface area contributed by atoms with Crippen molar-refractivity contribution in [2.24, 2.45) is 0 Å². The summed E-state index contributed by atoms with van der Waals surface area (Å²) in [7, 11) is 2.10. The van der Waals surface area contributed by atoms with Crippen molar-refractivity contribution in [3.05, 3.63) is 29.3 Å². The molecule has 0 saturated heterocycles. The molecular weight excluding hydrogens is 176 g/mol. The number of anilines is 1. The number of benzene rings is 1. The predicted molar refractivity (Wildman–Crippen MR) is 55.9 cm³/mol. The molecule has 1 aromatic carbocycles. The maximum absolute atomic E-state index is 10.9. The Balaban J connectivity index is 2.24. The van der Waals surface area contributed by atoms with Crippen LogP contribution in [0.2, 0.25) is 0 Å². The van der Waals surface area contributed by atoms with Gasteiger partial charge in [-0.1, -0.05) is 6.07 Å². The summed E-state index contributed by atoms with van der Waals surface area (Å²) in [6.45, 7) is 3.51. The molecule has 74 valence electrons. The van der Waals surface area contributed by atoms with E-state index in [4.69, 9.17) is 0 Å². The summed E-state index contributed by atoms with van der Waals surface area (Å²) in [5.41, 5.74) is 3.58. The molecule has 1 N–H and O–H groups in total. The van der Waals surface area contributed by atoms with Gasteiger partial charge in [-0.05, 0) is 30.3 Å². The third-order valence-electron chi connectivity index (χ3n) is 2.41. The second-order valence-electron chi connectivity index (χ2n) is 3.84. The first kappa shape index (κ1) is 9.21. The van der Waals surface area contributed by atoms with Gasteiger partial charge in [-0.2, -0.15) is 0 Å². The van der Waals surface area contributed by atoms with E-state index in [9.17, 15) is 4.79 Å².